The van der Waals surface area contributed by atoms with Gasteiger partial charge in [0.1, 0.15) is 17.3 Å². The molecule has 1 aliphatic rings. The van der Waals surface area contributed by atoms with E-state index in [-0.39, 0.29) is 17.1 Å². The Morgan fingerprint density at radius 3 is 2.35 bits per heavy atom. The molecule has 1 aliphatic heterocycles. The lowest BCUT2D eigenvalue weighted by Gasteiger charge is -2.25. The van der Waals surface area contributed by atoms with Gasteiger partial charge in [-0.3, -0.25) is 14.5 Å². The van der Waals surface area contributed by atoms with Crippen LogP contribution in [-0.4, -0.2) is 29.0 Å². The molecule has 1 fully saturated rings. The van der Waals surface area contributed by atoms with E-state index >= 15 is 0 Å². The molecule has 3 aromatic carbocycles. The minimum Gasteiger partial charge on any atom is -0.508 e. The molecule has 1 heterocycles. The highest BCUT2D eigenvalue weighted by atomic mass is 16.5. The second-order valence-corrected chi connectivity index (χ2v) is 7.33. The van der Waals surface area contributed by atoms with Crippen LogP contribution < -0.4 is 9.64 Å². The van der Waals surface area contributed by atoms with Gasteiger partial charge in [-0.1, -0.05) is 42.0 Å². The molecule has 1 unspecified atom stereocenters. The number of hydrogen-bond donors (Lipinski definition) is 2. The summed E-state index contributed by atoms with van der Waals surface area (Å²) in [5.74, 6) is -1.35. The minimum atomic E-state index is -0.902. The number of benzene rings is 3. The molecule has 0 saturated carbocycles. The fourth-order valence-electron chi connectivity index (χ4n) is 3.74. The number of methoxy groups -OCH3 is 1. The van der Waals surface area contributed by atoms with Gasteiger partial charge in [-0.05, 0) is 48.9 Å². The standard InChI is InChI=1S/C25H21NO5/c1-15-9-11-18(12-10-15)26-22(16-5-3-7-19(27)13-16)21(24(29)25(26)30)23(28)17-6-4-8-20(14-17)31-2/h3-14,22,27-28H,1-2H3/b23-21-. The summed E-state index contributed by atoms with van der Waals surface area (Å²) in [5, 5.41) is 21.1. The number of hydrogen-bond acceptors (Lipinski definition) is 5. The van der Waals surface area contributed by atoms with Crippen LogP contribution in [0.3, 0.4) is 0 Å². The first-order valence-electron chi connectivity index (χ1n) is 9.71. The van der Waals surface area contributed by atoms with E-state index in [4.69, 9.17) is 4.74 Å². The van der Waals surface area contributed by atoms with Gasteiger partial charge in [0.2, 0.25) is 0 Å². The summed E-state index contributed by atoms with van der Waals surface area (Å²) in [6.45, 7) is 1.92. The van der Waals surface area contributed by atoms with Crippen LogP contribution in [0.5, 0.6) is 11.5 Å². The topological polar surface area (TPSA) is 87.1 Å². The summed E-state index contributed by atoms with van der Waals surface area (Å²) in [5.41, 5.74) is 2.33. The van der Waals surface area contributed by atoms with E-state index in [2.05, 4.69) is 0 Å². The van der Waals surface area contributed by atoms with Gasteiger partial charge in [-0.2, -0.15) is 0 Å². The van der Waals surface area contributed by atoms with Crippen molar-refractivity contribution in [3.05, 3.63) is 95.1 Å². The van der Waals surface area contributed by atoms with Gasteiger partial charge >= 0.3 is 0 Å². The number of aryl methyl sites for hydroxylation is 1. The van der Waals surface area contributed by atoms with Crippen LogP contribution >= 0.6 is 0 Å². The second-order valence-electron chi connectivity index (χ2n) is 7.33. The molecule has 3 aromatic rings. The Labute approximate surface area is 179 Å². The highest BCUT2D eigenvalue weighted by molar-refractivity contribution is 6.51. The molecule has 31 heavy (non-hydrogen) atoms. The maximum atomic E-state index is 13.1. The number of aliphatic hydroxyl groups excluding tert-OH is 1. The molecule has 2 N–H and O–H groups in total. The van der Waals surface area contributed by atoms with Crippen molar-refractivity contribution < 1.29 is 24.5 Å². The van der Waals surface area contributed by atoms with Crippen molar-refractivity contribution in [3.8, 4) is 11.5 Å². The third-order valence-electron chi connectivity index (χ3n) is 5.29. The highest BCUT2D eigenvalue weighted by Gasteiger charge is 2.47. The van der Waals surface area contributed by atoms with E-state index in [0.29, 0.717) is 22.6 Å². The number of anilines is 1. The molecule has 6 nitrogen and oxygen atoms in total. The average Bonchev–Trinajstić information content (AvgIpc) is 3.04. The number of phenolic OH excluding ortho intramolecular Hbond substituents is 1. The molecule has 0 bridgehead atoms. The fraction of sp³-hybridized carbons (Fsp3) is 0.120. The van der Waals surface area contributed by atoms with E-state index < -0.39 is 17.7 Å². The lowest BCUT2D eigenvalue weighted by atomic mass is 9.95. The molecule has 156 valence electrons. The summed E-state index contributed by atoms with van der Waals surface area (Å²) in [7, 11) is 1.50. The third-order valence-corrected chi connectivity index (χ3v) is 5.29. The molecule has 0 radical (unpaired) electrons. The van der Waals surface area contributed by atoms with Gasteiger partial charge < -0.3 is 14.9 Å². The molecule has 0 aromatic heterocycles. The van der Waals surface area contributed by atoms with Gasteiger partial charge in [0, 0.05) is 11.3 Å². The van der Waals surface area contributed by atoms with Gasteiger partial charge in [0.05, 0.1) is 18.7 Å². The number of rotatable bonds is 4. The predicted molar refractivity (Wildman–Crippen MR) is 117 cm³/mol. The predicted octanol–water partition coefficient (Wildman–Crippen LogP) is 4.34. The summed E-state index contributed by atoms with van der Waals surface area (Å²) >= 11 is 0. The van der Waals surface area contributed by atoms with Gasteiger partial charge in [0.15, 0.2) is 0 Å². The normalized spacial score (nSPS) is 17.7. The summed E-state index contributed by atoms with van der Waals surface area (Å²) in [4.78, 5) is 27.5. The lowest BCUT2D eigenvalue weighted by Crippen LogP contribution is -2.29. The molecular weight excluding hydrogens is 394 g/mol. The zero-order valence-corrected chi connectivity index (χ0v) is 17.1. The Morgan fingerprint density at radius 1 is 0.968 bits per heavy atom. The van der Waals surface area contributed by atoms with Gasteiger partial charge in [-0.15, -0.1) is 0 Å². The summed E-state index contributed by atoms with van der Waals surface area (Å²) in [6.07, 6.45) is 0. The number of Topliss-reactive ketones (excluding diaryl/α,β-unsaturated/α-hetero) is 1. The number of aliphatic hydroxyl groups is 1. The first-order valence-corrected chi connectivity index (χ1v) is 9.71. The Balaban J connectivity index is 1.95. The van der Waals surface area contributed by atoms with Crippen LogP contribution in [0, 0.1) is 6.92 Å². The molecule has 0 aliphatic carbocycles. The van der Waals surface area contributed by atoms with Crippen molar-refractivity contribution in [3.63, 3.8) is 0 Å². The average molecular weight is 415 g/mol. The number of carbonyl (C=O) groups is 2. The van der Waals surface area contributed by atoms with E-state index in [1.807, 2.05) is 19.1 Å². The van der Waals surface area contributed by atoms with Crippen LogP contribution in [-0.2, 0) is 9.59 Å². The van der Waals surface area contributed by atoms with Crippen molar-refractivity contribution >= 4 is 23.1 Å². The number of nitrogens with zero attached hydrogens (tertiary/aromatic N) is 1. The molecule has 6 heteroatoms. The summed E-state index contributed by atoms with van der Waals surface area (Å²) in [6, 6.07) is 19.2. The van der Waals surface area contributed by atoms with E-state index in [1.54, 1.807) is 48.5 Å². The summed E-state index contributed by atoms with van der Waals surface area (Å²) < 4.78 is 5.22. The van der Waals surface area contributed by atoms with Crippen molar-refractivity contribution in [1.82, 2.24) is 0 Å². The lowest BCUT2D eigenvalue weighted by molar-refractivity contribution is -0.132. The molecule has 1 saturated heterocycles. The van der Waals surface area contributed by atoms with Crippen LogP contribution in [0.15, 0.2) is 78.4 Å². The van der Waals surface area contributed by atoms with E-state index in [9.17, 15) is 19.8 Å². The second kappa shape index (κ2) is 7.99. The van der Waals surface area contributed by atoms with Crippen molar-refractivity contribution in [2.45, 2.75) is 13.0 Å². The largest absolute Gasteiger partial charge is 0.508 e. The first kappa shape index (κ1) is 20.2. The highest BCUT2D eigenvalue weighted by Crippen LogP contribution is 2.43. The Kier molecular flexibility index (Phi) is 5.21. The first-order chi connectivity index (χ1) is 14.9. The quantitative estimate of drug-likeness (QED) is 0.376. The smallest absolute Gasteiger partial charge is 0.300 e. The maximum Gasteiger partial charge on any atom is 0.300 e. The van der Waals surface area contributed by atoms with Crippen LogP contribution in [0.4, 0.5) is 5.69 Å². The molecule has 1 atom stereocenters. The fourth-order valence-corrected chi connectivity index (χ4v) is 3.74. The zero-order chi connectivity index (χ0) is 22.1. The number of carbonyl (C=O) groups excluding carboxylic acids is 2. The number of amides is 1. The number of phenols is 1. The Hall–Kier alpha value is -4.06. The zero-order valence-electron chi connectivity index (χ0n) is 17.1. The van der Waals surface area contributed by atoms with Crippen molar-refractivity contribution in [1.29, 1.82) is 0 Å². The monoisotopic (exact) mass is 415 g/mol. The Morgan fingerprint density at radius 2 is 1.68 bits per heavy atom. The van der Waals surface area contributed by atoms with Crippen LogP contribution in [0.25, 0.3) is 5.76 Å². The van der Waals surface area contributed by atoms with E-state index in [1.165, 1.54) is 24.1 Å². The molecular formula is C25H21NO5. The van der Waals surface area contributed by atoms with Crippen LogP contribution in [0.2, 0.25) is 0 Å². The molecule has 0 spiro atoms. The third kappa shape index (κ3) is 3.64. The molecule has 4 rings (SSSR count). The number of ether oxygens (including phenoxy) is 1. The Bertz CT molecular complexity index is 1200. The van der Waals surface area contributed by atoms with E-state index in [0.717, 1.165) is 5.56 Å². The van der Waals surface area contributed by atoms with Crippen molar-refractivity contribution in [2.24, 2.45) is 0 Å². The minimum absolute atomic E-state index is 0.00613. The maximum absolute atomic E-state index is 13.1. The SMILES string of the molecule is COc1cccc(/C(O)=C2/C(=O)C(=O)N(c3ccc(C)cc3)C2c2cccc(O)c2)c1. The number of aromatic hydroxyl groups is 1. The molecule has 1 amide bonds. The number of ketones is 1. The van der Waals surface area contributed by atoms with Gasteiger partial charge in [0.25, 0.3) is 11.7 Å². The van der Waals surface area contributed by atoms with Crippen molar-refractivity contribution in [2.75, 3.05) is 12.0 Å². The van der Waals surface area contributed by atoms with Crippen LogP contribution in [0.1, 0.15) is 22.7 Å². The van der Waals surface area contributed by atoms with Gasteiger partial charge in [-0.25, -0.2) is 0 Å².